The van der Waals surface area contributed by atoms with Gasteiger partial charge in [-0.3, -0.25) is 0 Å². The number of rotatable bonds is 2. The van der Waals surface area contributed by atoms with Gasteiger partial charge in [0.2, 0.25) is 0 Å². The van der Waals surface area contributed by atoms with Gasteiger partial charge in [0, 0.05) is 18.0 Å². The quantitative estimate of drug-likeness (QED) is 0.812. The van der Waals surface area contributed by atoms with Crippen molar-refractivity contribution in [2.24, 2.45) is 0 Å². The number of aromatic nitrogens is 3. The summed E-state index contributed by atoms with van der Waals surface area (Å²) in [7, 11) is 0. The molecule has 0 N–H and O–H groups in total. The Morgan fingerprint density at radius 2 is 1.78 bits per heavy atom. The molecule has 0 saturated heterocycles. The van der Waals surface area contributed by atoms with Gasteiger partial charge in [0.25, 0.3) is 0 Å². The van der Waals surface area contributed by atoms with Crippen molar-refractivity contribution in [3.63, 3.8) is 0 Å². The van der Waals surface area contributed by atoms with E-state index in [1.807, 2.05) is 24.3 Å². The van der Waals surface area contributed by atoms with E-state index >= 15 is 0 Å². The number of fused-ring (bicyclic) bond motifs is 1. The van der Waals surface area contributed by atoms with Crippen molar-refractivity contribution >= 4 is 11.6 Å². The first-order valence-corrected chi connectivity index (χ1v) is 8.89. The Morgan fingerprint density at radius 1 is 1.04 bits per heavy atom. The Kier molecular flexibility index (Phi) is 3.88. The molecule has 122 valence electrons. The maximum absolute atomic E-state index is 13.9. The number of hydrogen-bond donors (Lipinski definition) is 0. The fourth-order valence-electron chi connectivity index (χ4n) is 4.03. The minimum absolute atomic E-state index is 0.339. The van der Waals surface area contributed by atoms with E-state index in [1.54, 1.807) is 0 Å². The second kappa shape index (κ2) is 5.90. The number of nitrogens with zero attached hydrogens (tertiary/aromatic N) is 3. The summed E-state index contributed by atoms with van der Waals surface area (Å²) in [6, 6.07) is 7.79. The van der Waals surface area contributed by atoms with Crippen molar-refractivity contribution < 1.29 is 4.39 Å². The molecule has 0 atom stereocenters. The Balaban J connectivity index is 1.78. The number of hydrogen-bond acceptors (Lipinski definition) is 2. The van der Waals surface area contributed by atoms with E-state index in [1.165, 1.54) is 12.8 Å². The molecule has 0 radical (unpaired) electrons. The summed E-state index contributed by atoms with van der Waals surface area (Å²) in [5, 5.41) is 9.67. The molecular weight excluding hydrogens is 313 g/mol. The van der Waals surface area contributed by atoms with Gasteiger partial charge < -0.3 is 4.57 Å². The molecule has 4 rings (SSSR count). The molecule has 1 aliphatic carbocycles. The van der Waals surface area contributed by atoms with Gasteiger partial charge >= 0.3 is 0 Å². The second-order valence-corrected chi connectivity index (χ2v) is 7.29. The van der Waals surface area contributed by atoms with E-state index in [0.717, 1.165) is 43.0 Å². The van der Waals surface area contributed by atoms with Crippen LogP contribution in [-0.2, 0) is 18.4 Å². The third kappa shape index (κ3) is 2.57. The molecule has 23 heavy (non-hydrogen) atoms. The molecular formula is C18H21ClFN3. The SMILES string of the molecule is F[C@H]1C[C@](c2ccc(Cl)cc2)(c2nnc3n2CCCCCC3)C1. The fraction of sp³-hybridized carbons (Fsp3) is 0.556. The standard InChI is InChI=1S/C18H21ClFN3/c19-14-8-6-13(7-9-14)18(11-15(20)12-18)17-22-21-16-5-3-1-2-4-10-23(16)17/h6-9,15H,1-5,10-12H2/t15-,18-. The Morgan fingerprint density at radius 3 is 2.52 bits per heavy atom. The highest BCUT2D eigenvalue weighted by Gasteiger charge is 2.51. The lowest BCUT2D eigenvalue weighted by Gasteiger charge is -2.44. The summed E-state index contributed by atoms with van der Waals surface area (Å²) in [6.45, 7) is 0.948. The van der Waals surface area contributed by atoms with Crippen molar-refractivity contribution in [3.8, 4) is 0 Å². The van der Waals surface area contributed by atoms with Gasteiger partial charge in [0.1, 0.15) is 17.8 Å². The summed E-state index contributed by atoms with van der Waals surface area (Å²) in [5.74, 6) is 2.01. The van der Waals surface area contributed by atoms with E-state index in [9.17, 15) is 4.39 Å². The molecule has 2 aromatic rings. The van der Waals surface area contributed by atoms with Gasteiger partial charge in [0.05, 0.1) is 5.41 Å². The van der Waals surface area contributed by atoms with Crippen molar-refractivity contribution in [1.29, 1.82) is 0 Å². The van der Waals surface area contributed by atoms with E-state index in [4.69, 9.17) is 11.6 Å². The highest BCUT2D eigenvalue weighted by molar-refractivity contribution is 6.30. The zero-order valence-electron chi connectivity index (χ0n) is 13.1. The average molecular weight is 334 g/mol. The molecule has 0 unspecified atom stereocenters. The van der Waals surface area contributed by atoms with Crippen molar-refractivity contribution in [2.45, 2.75) is 63.1 Å². The monoisotopic (exact) mass is 333 g/mol. The predicted octanol–water partition coefficient (Wildman–Crippen LogP) is 4.47. The van der Waals surface area contributed by atoms with Crippen LogP contribution < -0.4 is 0 Å². The molecule has 1 aromatic heterocycles. The molecule has 2 heterocycles. The fourth-order valence-corrected chi connectivity index (χ4v) is 4.15. The van der Waals surface area contributed by atoms with Crippen LogP contribution in [0.4, 0.5) is 4.39 Å². The minimum atomic E-state index is -0.757. The highest BCUT2D eigenvalue weighted by Crippen LogP contribution is 2.50. The Labute approximate surface area is 140 Å². The summed E-state index contributed by atoms with van der Waals surface area (Å²) in [6.07, 6.45) is 6.02. The lowest BCUT2D eigenvalue weighted by atomic mass is 9.62. The lowest BCUT2D eigenvalue weighted by molar-refractivity contribution is 0.113. The molecule has 1 fully saturated rings. The highest BCUT2D eigenvalue weighted by atomic mass is 35.5. The Bertz CT molecular complexity index is 689. The van der Waals surface area contributed by atoms with Gasteiger partial charge in [-0.25, -0.2) is 4.39 Å². The van der Waals surface area contributed by atoms with E-state index < -0.39 is 6.17 Å². The van der Waals surface area contributed by atoms with Crippen LogP contribution in [0.15, 0.2) is 24.3 Å². The number of alkyl halides is 1. The first-order valence-electron chi connectivity index (χ1n) is 8.52. The lowest BCUT2D eigenvalue weighted by Crippen LogP contribution is -2.45. The van der Waals surface area contributed by atoms with Crippen LogP contribution in [0.1, 0.15) is 55.7 Å². The third-order valence-electron chi connectivity index (χ3n) is 5.32. The van der Waals surface area contributed by atoms with Crippen LogP contribution in [0.2, 0.25) is 5.02 Å². The molecule has 3 nitrogen and oxygen atoms in total. The summed E-state index contributed by atoms with van der Waals surface area (Å²) in [4.78, 5) is 0. The topological polar surface area (TPSA) is 30.7 Å². The van der Waals surface area contributed by atoms with Crippen LogP contribution in [0.5, 0.6) is 0 Å². The maximum Gasteiger partial charge on any atom is 0.143 e. The van der Waals surface area contributed by atoms with Gasteiger partial charge in [-0.1, -0.05) is 36.6 Å². The zero-order chi connectivity index (χ0) is 15.9. The molecule has 1 aromatic carbocycles. The largest absolute Gasteiger partial charge is 0.314 e. The summed E-state index contributed by atoms with van der Waals surface area (Å²) in [5.41, 5.74) is 0.766. The number of halogens is 2. The second-order valence-electron chi connectivity index (χ2n) is 6.85. The van der Waals surface area contributed by atoms with Gasteiger partial charge in [-0.2, -0.15) is 0 Å². The molecule has 1 aliphatic heterocycles. The van der Waals surface area contributed by atoms with Crippen molar-refractivity contribution in [3.05, 3.63) is 46.5 Å². The van der Waals surface area contributed by atoms with Crippen molar-refractivity contribution in [2.75, 3.05) is 0 Å². The molecule has 1 saturated carbocycles. The summed E-state index contributed by atoms with van der Waals surface area (Å²) >= 11 is 6.02. The molecule has 0 amide bonds. The molecule has 5 heteroatoms. The van der Waals surface area contributed by atoms with Crippen LogP contribution in [0.25, 0.3) is 0 Å². The van der Waals surface area contributed by atoms with E-state index in [-0.39, 0.29) is 5.41 Å². The van der Waals surface area contributed by atoms with Crippen molar-refractivity contribution in [1.82, 2.24) is 14.8 Å². The predicted molar refractivity (Wildman–Crippen MR) is 88.6 cm³/mol. The smallest absolute Gasteiger partial charge is 0.143 e. The summed E-state index contributed by atoms with van der Waals surface area (Å²) < 4.78 is 16.1. The maximum atomic E-state index is 13.9. The van der Waals surface area contributed by atoms with Crippen LogP contribution >= 0.6 is 11.6 Å². The number of benzene rings is 1. The van der Waals surface area contributed by atoms with Crippen LogP contribution in [0, 0.1) is 0 Å². The Hall–Kier alpha value is -1.42. The van der Waals surface area contributed by atoms with Crippen LogP contribution in [-0.4, -0.2) is 20.9 Å². The first kappa shape index (κ1) is 15.1. The van der Waals surface area contributed by atoms with E-state index in [0.29, 0.717) is 17.9 Å². The number of aryl methyl sites for hydroxylation is 1. The molecule has 0 bridgehead atoms. The molecule has 2 aliphatic rings. The normalized spacial score (nSPS) is 27.7. The van der Waals surface area contributed by atoms with Gasteiger partial charge in [-0.05, 0) is 43.4 Å². The third-order valence-corrected chi connectivity index (χ3v) is 5.58. The first-order chi connectivity index (χ1) is 11.2. The van der Waals surface area contributed by atoms with Crippen LogP contribution in [0.3, 0.4) is 0 Å². The minimum Gasteiger partial charge on any atom is -0.314 e. The molecule has 0 spiro atoms. The van der Waals surface area contributed by atoms with Gasteiger partial charge in [0.15, 0.2) is 0 Å². The van der Waals surface area contributed by atoms with E-state index in [2.05, 4.69) is 14.8 Å². The zero-order valence-corrected chi connectivity index (χ0v) is 13.9. The van der Waals surface area contributed by atoms with Gasteiger partial charge in [-0.15, -0.1) is 10.2 Å². The average Bonchev–Trinajstić information content (AvgIpc) is 2.86.